The van der Waals surface area contributed by atoms with Crippen molar-refractivity contribution in [3.8, 4) is 6.07 Å². The van der Waals surface area contributed by atoms with Crippen LogP contribution in [0.4, 0.5) is 0 Å². The van der Waals surface area contributed by atoms with E-state index in [1.54, 1.807) is 0 Å². The van der Waals surface area contributed by atoms with Crippen molar-refractivity contribution in [2.45, 2.75) is 37.8 Å². The highest BCUT2D eigenvalue weighted by Crippen LogP contribution is 2.28. The Balaban J connectivity index is 1.90. The molecule has 2 rings (SSSR count). The smallest absolute Gasteiger partial charge is 0.0635 e. The molecule has 14 heavy (non-hydrogen) atoms. The highest BCUT2D eigenvalue weighted by molar-refractivity contribution is 4.91. The van der Waals surface area contributed by atoms with E-state index in [0.717, 1.165) is 18.6 Å². The first-order valence-electron chi connectivity index (χ1n) is 5.62. The molecule has 2 aliphatic rings. The molecule has 0 aromatic carbocycles. The Morgan fingerprint density at radius 3 is 2.86 bits per heavy atom. The first-order valence-corrected chi connectivity index (χ1v) is 5.62. The molecular formula is C11H19N3. The van der Waals surface area contributed by atoms with E-state index in [1.807, 2.05) is 0 Å². The second kappa shape index (κ2) is 4.29. The number of nitrogens with zero attached hydrogens (tertiary/aromatic N) is 3. The monoisotopic (exact) mass is 193 g/mol. The van der Waals surface area contributed by atoms with Crippen molar-refractivity contribution in [2.75, 3.05) is 26.7 Å². The Morgan fingerprint density at radius 2 is 2.07 bits per heavy atom. The van der Waals surface area contributed by atoms with E-state index < -0.39 is 0 Å². The minimum Gasteiger partial charge on any atom is -0.301 e. The summed E-state index contributed by atoms with van der Waals surface area (Å²) < 4.78 is 0. The predicted molar refractivity (Wildman–Crippen MR) is 55.9 cm³/mol. The third-order valence-electron chi connectivity index (χ3n) is 3.77. The highest BCUT2D eigenvalue weighted by Gasteiger charge is 2.34. The van der Waals surface area contributed by atoms with Crippen molar-refractivity contribution in [1.82, 2.24) is 9.80 Å². The molecule has 0 amide bonds. The fourth-order valence-electron chi connectivity index (χ4n) is 2.79. The fraction of sp³-hybridized carbons (Fsp3) is 0.909. The van der Waals surface area contributed by atoms with E-state index in [0.29, 0.717) is 6.42 Å². The number of hydrogen-bond donors (Lipinski definition) is 0. The van der Waals surface area contributed by atoms with Crippen LogP contribution in [-0.4, -0.2) is 48.6 Å². The van der Waals surface area contributed by atoms with E-state index in [-0.39, 0.29) is 0 Å². The Kier molecular flexibility index (Phi) is 3.05. The van der Waals surface area contributed by atoms with E-state index in [1.165, 1.54) is 32.4 Å². The predicted octanol–water partition coefficient (Wildman–Crippen LogP) is 1.07. The third kappa shape index (κ3) is 1.92. The van der Waals surface area contributed by atoms with Crippen LogP contribution in [0.3, 0.4) is 0 Å². The van der Waals surface area contributed by atoms with Gasteiger partial charge in [0.1, 0.15) is 0 Å². The molecule has 0 N–H and O–H groups in total. The van der Waals surface area contributed by atoms with Gasteiger partial charge in [-0.3, -0.25) is 4.90 Å². The van der Waals surface area contributed by atoms with Crippen LogP contribution in [0.1, 0.15) is 25.7 Å². The molecule has 2 heterocycles. The highest BCUT2D eigenvalue weighted by atomic mass is 15.3. The van der Waals surface area contributed by atoms with Gasteiger partial charge in [0.25, 0.3) is 0 Å². The van der Waals surface area contributed by atoms with Crippen molar-refractivity contribution < 1.29 is 0 Å². The summed E-state index contributed by atoms with van der Waals surface area (Å²) in [5.41, 5.74) is 0. The van der Waals surface area contributed by atoms with Gasteiger partial charge in [0.15, 0.2) is 0 Å². The van der Waals surface area contributed by atoms with Crippen LogP contribution in [0.5, 0.6) is 0 Å². The van der Waals surface area contributed by atoms with Gasteiger partial charge in [-0.15, -0.1) is 0 Å². The summed E-state index contributed by atoms with van der Waals surface area (Å²) in [6.45, 7) is 3.33. The summed E-state index contributed by atoms with van der Waals surface area (Å²) in [5.74, 6) is 0. The zero-order valence-electron chi connectivity index (χ0n) is 8.95. The Hall–Kier alpha value is -0.590. The molecule has 0 aromatic heterocycles. The Morgan fingerprint density at radius 1 is 1.29 bits per heavy atom. The van der Waals surface area contributed by atoms with Crippen LogP contribution < -0.4 is 0 Å². The molecule has 3 nitrogen and oxygen atoms in total. The third-order valence-corrected chi connectivity index (χ3v) is 3.77. The van der Waals surface area contributed by atoms with Crippen LogP contribution in [0, 0.1) is 11.3 Å². The van der Waals surface area contributed by atoms with Gasteiger partial charge < -0.3 is 4.90 Å². The topological polar surface area (TPSA) is 30.3 Å². The Labute approximate surface area is 86.3 Å². The second-order valence-electron chi connectivity index (χ2n) is 4.55. The second-order valence-corrected chi connectivity index (χ2v) is 4.55. The largest absolute Gasteiger partial charge is 0.301 e. The Bertz CT molecular complexity index is 233. The van der Waals surface area contributed by atoms with E-state index in [4.69, 9.17) is 5.26 Å². The van der Waals surface area contributed by atoms with Gasteiger partial charge >= 0.3 is 0 Å². The molecule has 2 fully saturated rings. The van der Waals surface area contributed by atoms with Crippen molar-refractivity contribution in [3.63, 3.8) is 0 Å². The summed E-state index contributed by atoms with van der Waals surface area (Å²) in [6.07, 6.45) is 4.71. The first kappa shape index (κ1) is 9.95. The normalized spacial score (nSPS) is 34.0. The van der Waals surface area contributed by atoms with Crippen LogP contribution in [0.25, 0.3) is 0 Å². The molecule has 2 unspecified atom stereocenters. The molecule has 2 bridgehead atoms. The summed E-state index contributed by atoms with van der Waals surface area (Å²) >= 11 is 0. The summed E-state index contributed by atoms with van der Waals surface area (Å²) in [5, 5.41) is 8.56. The number of rotatable bonds is 2. The maximum absolute atomic E-state index is 8.56. The molecule has 3 heteroatoms. The lowest BCUT2D eigenvalue weighted by atomic mass is 10.1. The quantitative estimate of drug-likeness (QED) is 0.657. The first-order chi connectivity index (χ1) is 6.81. The molecule has 0 aromatic rings. The lowest BCUT2D eigenvalue weighted by Gasteiger charge is -2.24. The molecule has 2 aliphatic heterocycles. The van der Waals surface area contributed by atoms with Gasteiger partial charge in [0.2, 0.25) is 0 Å². The van der Waals surface area contributed by atoms with Gasteiger partial charge in [-0.2, -0.15) is 5.26 Å². The molecule has 0 aliphatic carbocycles. The molecule has 2 atom stereocenters. The van der Waals surface area contributed by atoms with E-state index >= 15 is 0 Å². The van der Waals surface area contributed by atoms with Gasteiger partial charge in [0, 0.05) is 31.6 Å². The molecule has 2 saturated heterocycles. The average Bonchev–Trinajstić information content (AvgIpc) is 2.40. The maximum atomic E-state index is 8.56. The molecule has 0 saturated carbocycles. The van der Waals surface area contributed by atoms with E-state index in [2.05, 4.69) is 22.9 Å². The average molecular weight is 193 g/mol. The number of likely N-dealkylation sites (N-methyl/N-ethyl adjacent to an activating group) is 1. The number of nitriles is 1. The van der Waals surface area contributed by atoms with Crippen LogP contribution in [0.15, 0.2) is 0 Å². The van der Waals surface area contributed by atoms with E-state index in [9.17, 15) is 0 Å². The van der Waals surface area contributed by atoms with Gasteiger partial charge in [0.05, 0.1) is 6.07 Å². The minimum atomic E-state index is 0.682. The zero-order chi connectivity index (χ0) is 9.97. The SMILES string of the molecule is CN1C2CCC1CN(CCC#N)CC2. The van der Waals surface area contributed by atoms with Gasteiger partial charge in [-0.1, -0.05) is 0 Å². The standard InChI is InChI=1S/C11H19N3/c1-13-10-3-4-11(13)9-14(8-5-10)7-2-6-12/h10-11H,2-5,7-9H2,1H3. The molecule has 0 spiro atoms. The maximum Gasteiger partial charge on any atom is 0.0635 e. The van der Waals surface area contributed by atoms with Crippen molar-refractivity contribution >= 4 is 0 Å². The van der Waals surface area contributed by atoms with Crippen molar-refractivity contribution in [3.05, 3.63) is 0 Å². The molecule has 78 valence electrons. The lowest BCUT2D eigenvalue weighted by Crippen LogP contribution is -2.36. The summed E-state index contributed by atoms with van der Waals surface area (Å²) in [6, 6.07) is 3.80. The van der Waals surface area contributed by atoms with Crippen LogP contribution in [0.2, 0.25) is 0 Å². The van der Waals surface area contributed by atoms with Crippen molar-refractivity contribution in [2.24, 2.45) is 0 Å². The van der Waals surface area contributed by atoms with Crippen LogP contribution in [-0.2, 0) is 0 Å². The fourth-order valence-corrected chi connectivity index (χ4v) is 2.79. The summed E-state index contributed by atoms with van der Waals surface area (Å²) in [7, 11) is 2.26. The number of hydrogen-bond acceptors (Lipinski definition) is 3. The number of fused-ring (bicyclic) bond motifs is 2. The summed E-state index contributed by atoms with van der Waals surface area (Å²) in [4.78, 5) is 5.01. The number of likely N-dealkylation sites (tertiary alicyclic amines) is 1. The lowest BCUT2D eigenvalue weighted by molar-refractivity contribution is 0.221. The van der Waals surface area contributed by atoms with Crippen molar-refractivity contribution in [1.29, 1.82) is 5.26 Å². The van der Waals surface area contributed by atoms with Crippen LogP contribution >= 0.6 is 0 Å². The zero-order valence-corrected chi connectivity index (χ0v) is 8.95. The molecule has 0 radical (unpaired) electrons. The molecular weight excluding hydrogens is 174 g/mol. The van der Waals surface area contributed by atoms with Gasteiger partial charge in [-0.05, 0) is 32.9 Å². The van der Waals surface area contributed by atoms with Gasteiger partial charge in [-0.25, -0.2) is 0 Å². The minimum absolute atomic E-state index is 0.682.